The van der Waals surface area contributed by atoms with Crippen molar-refractivity contribution < 1.29 is 24.3 Å². The highest BCUT2D eigenvalue weighted by atomic mass is 32.2. The molecule has 158 valence electrons. The van der Waals surface area contributed by atoms with Gasteiger partial charge in [0.05, 0.1) is 11.0 Å². The molecular formula is C22H24N2O5S. The fraction of sp³-hybridized carbons (Fsp3) is 0.318. The van der Waals surface area contributed by atoms with Gasteiger partial charge in [0.2, 0.25) is 5.91 Å². The molecule has 0 bridgehead atoms. The fourth-order valence-corrected chi connectivity index (χ4v) is 3.88. The van der Waals surface area contributed by atoms with Crippen LogP contribution in [0, 0.1) is 13.8 Å². The lowest BCUT2D eigenvalue weighted by molar-refractivity contribution is -0.118. The van der Waals surface area contributed by atoms with Crippen LogP contribution in [0.4, 0.5) is 4.79 Å². The summed E-state index contributed by atoms with van der Waals surface area (Å²) in [6.45, 7) is 6.16. The number of hydrogen-bond donors (Lipinski definition) is 2. The van der Waals surface area contributed by atoms with Gasteiger partial charge in [-0.15, -0.1) is 0 Å². The van der Waals surface area contributed by atoms with E-state index in [1.165, 1.54) is 0 Å². The van der Waals surface area contributed by atoms with Crippen molar-refractivity contribution >= 4 is 28.6 Å². The number of ether oxygens (including phenoxy) is 1. The van der Waals surface area contributed by atoms with Gasteiger partial charge >= 0.3 is 0 Å². The summed E-state index contributed by atoms with van der Waals surface area (Å²) >= 11 is 1.02. The van der Waals surface area contributed by atoms with E-state index in [1.807, 2.05) is 57.2 Å². The van der Waals surface area contributed by atoms with Gasteiger partial charge in [-0.05, 0) is 73.7 Å². The minimum Gasteiger partial charge on any atom is -0.507 e. The van der Waals surface area contributed by atoms with Crippen molar-refractivity contribution in [1.82, 2.24) is 5.32 Å². The number of nitrogens with one attached hydrogen (secondary N) is 1. The van der Waals surface area contributed by atoms with Crippen LogP contribution in [0.2, 0.25) is 0 Å². The van der Waals surface area contributed by atoms with E-state index in [0.29, 0.717) is 24.5 Å². The van der Waals surface area contributed by atoms with Crippen LogP contribution in [-0.4, -0.2) is 40.4 Å². The number of rotatable bonds is 8. The first-order valence-electron chi connectivity index (χ1n) is 9.54. The SMILES string of the molecule is C/C(=N/OCCOc1ccc(CC2SC(=O)NC2=O)cc1)c1cc(C)c(O)c(C)c1. The topological polar surface area (TPSA) is 97.2 Å². The van der Waals surface area contributed by atoms with Gasteiger partial charge in [0, 0.05) is 0 Å². The van der Waals surface area contributed by atoms with Crippen LogP contribution >= 0.6 is 11.8 Å². The van der Waals surface area contributed by atoms with Gasteiger partial charge in [0.1, 0.15) is 18.1 Å². The number of aromatic hydroxyl groups is 1. The number of phenolic OH excluding ortho intramolecular Hbond substituents is 1. The number of thioether (sulfide) groups is 1. The van der Waals surface area contributed by atoms with Crippen molar-refractivity contribution in [2.75, 3.05) is 13.2 Å². The van der Waals surface area contributed by atoms with Crippen LogP contribution in [0.1, 0.15) is 29.2 Å². The average molecular weight is 429 g/mol. The van der Waals surface area contributed by atoms with E-state index in [0.717, 1.165) is 39.7 Å². The zero-order valence-corrected chi connectivity index (χ0v) is 17.9. The van der Waals surface area contributed by atoms with E-state index < -0.39 is 0 Å². The monoisotopic (exact) mass is 428 g/mol. The first-order chi connectivity index (χ1) is 14.3. The summed E-state index contributed by atoms with van der Waals surface area (Å²) < 4.78 is 5.64. The molecule has 30 heavy (non-hydrogen) atoms. The molecule has 2 amide bonds. The minimum atomic E-state index is -0.375. The van der Waals surface area contributed by atoms with Gasteiger partial charge in [-0.25, -0.2) is 0 Å². The van der Waals surface area contributed by atoms with Crippen molar-refractivity contribution in [2.45, 2.75) is 32.4 Å². The number of hydrogen-bond acceptors (Lipinski definition) is 7. The zero-order valence-electron chi connectivity index (χ0n) is 17.1. The summed E-state index contributed by atoms with van der Waals surface area (Å²) in [5, 5.41) is 15.6. The van der Waals surface area contributed by atoms with Gasteiger partial charge in [-0.2, -0.15) is 0 Å². The van der Waals surface area contributed by atoms with Gasteiger partial charge in [0.15, 0.2) is 6.61 Å². The molecule has 2 N–H and O–H groups in total. The average Bonchev–Trinajstić information content (AvgIpc) is 3.03. The second-order valence-electron chi connectivity index (χ2n) is 7.05. The lowest BCUT2D eigenvalue weighted by atomic mass is 10.0. The highest BCUT2D eigenvalue weighted by Gasteiger charge is 2.31. The molecule has 3 rings (SSSR count). The normalized spacial score (nSPS) is 16.5. The Bertz CT molecular complexity index is 949. The molecule has 0 aromatic heterocycles. The molecule has 0 aliphatic carbocycles. The lowest BCUT2D eigenvalue weighted by Crippen LogP contribution is -2.25. The second-order valence-corrected chi connectivity index (χ2v) is 8.22. The summed E-state index contributed by atoms with van der Waals surface area (Å²) in [5.74, 6) is 0.744. The van der Waals surface area contributed by atoms with E-state index in [4.69, 9.17) is 9.57 Å². The molecule has 0 radical (unpaired) electrons. The molecule has 8 heteroatoms. The predicted molar refractivity (Wildman–Crippen MR) is 116 cm³/mol. The first-order valence-corrected chi connectivity index (χ1v) is 10.4. The zero-order chi connectivity index (χ0) is 21.7. The molecule has 0 saturated carbocycles. The molecule has 2 aromatic rings. The summed E-state index contributed by atoms with van der Waals surface area (Å²) in [5.41, 5.74) is 4.17. The number of aryl methyl sites for hydroxylation is 2. The summed E-state index contributed by atoms with van der Waals surface area (Å²) in [6, 6.07) is 11.1. The Balaban J connectivity index is 1.43. The Kier molecular flexibility index (Phi) is 6.99. The molecule has 1 aliphatic rings. The Labute approximate surface area is 179 Å². The molecule has 1 atom stereocenters. The van der Waals surface area contributed by atoms with Crippen molar-refractivity contribution in [1.29, 1.82) is 0 Å². The maximum atomic E-state index is 11.6. The van der Waals surface area contributed by atoms with Crippen LogP contribution in [-0.2, 0) is 16.1 Å². The van der Waals surface area contributed by atoms with Crippen LogP contribution in [0.15, 0.2) is 41.6 Å². The number of amides is 2. The Morgan fingerprint density at radius 2 is 1.80 bits per heavy atom. The molecule has 1 aliphatic heterocycles. The Hall–Kier alpha value is -3.00. The van der Waals surface area contributed by atoms with Crippen LogP contribution in [0.25, 0.3) is 0 Å². The van der Waals surface area contributed by atoms with E-state index in [-0.39, 0.29) is 23.0 Å². The third kappa shape index (κ3) is 5.54. The summed E-state index contributed by atoms with van der Waals surface area (Å²) in [4.78, 5) is 28.2. The smallest absolute Gasteiger partial charge is 0.286 e. The summed E-state index contributed by atoms with van der Waals surface area (Å²) in [6.07, 6.45) is 0.496. The largest absolute Gasteiger partial charge is 0.507 e. The van der Waals surface area contributed by atoms with E-state index in [2.05, 4.69) is 10.5 Å². The third-order valence-electron chi connectivity index (χ3n) is 4.67. The highest BCUT2D eigenvalue weighted by Crippen LogP contribution is 2.24. The predicted octanol–water partition coefficient (Wildman–Crippen LogP) is 3.72. The van der Waals surface area contributed by atoms with Crippen molar-refractivity contribution in [3.63, 3.8) is 0 Å². The molecule has 1 unspecified atom stereocenters. The van der Waals surface area contributed by atoms with Crippen LogP contribution in [0.5, 0.6) is 11.5 Å². The van der Waals surface area contributed by atoms with E-state index >= 15 is 0 Å². The maximum Gasteiger partial charge on any atom is 0.286 e. The lowest BCUT2D eigenvalue weighted by Gasteiger charge is -2.09. The third-order valence-corrected chi connectivity index (χ3v) is 5.65. The number of carbonyl (C=O) groups is 2. The Morgan fingerprint density at radius 3 is 2.40 bits per heavy atom. The van der Waals surface area contributed by atoms with Gasteiger partial charge < -0.3 is 14.7 Å². The molecule has 0 spiro atoms. The molecule has 7 nitrogen and oxygen atoms in total. The number of nitrogens with zero attached hydrogens (tertiary/aromatic N) is 1. The van der Waals surface area contributed by atoms with Crippen molar-refractivity contribution in [2.24, 2.45) is 5.16 Å². The van der Waals surface area contributed by atoms with Crippen LogP contribution in [0.3, 0.4) is 0 Å². The van der Waals surface area contributed by atoms with Gasteiger partial charge in [-0.3, -0.25) is 14.9 Å². The molecular weight excluding hydrogens is 404 g/mol. The summed E-state index contributed by atoms with van der Waals surface area (Å²) in [7, 11) is 0. The molecule has 1 fully saturated rings. The first kappa shape index (κ1) is 21.7. The highest BCUT2D eigenvalue weighted by molar-refractivity contribution is 8.15. The van der Waals surface area contributed by atoms with E-state index in [1.54, 1.807) is 0 Å². The standard InChI is InChI=1S/C22H24N2O5S/c1-13-10-17(11-14(2)20(13)25)15(3)24-29-9-8-28-18-6-4-16(5-7-18)12-19-21(26)23-22(27)30-19/h4-7,10-11,19,25H,8-9,12H2,1-3H3,(H,23,26,27)/b24-15-. The molecule has 1 saturated heterocycles. The minimum absolute atomic E-state index is 0.240. The van der Waals surface area contributed by atoms with Crippen molar-refractivity contribution in [3.8, 4) is 11.5 Å². The number of carbonyl (C=O) groups excluding carboxylic acids is 2. The van der Waals surface area contributed by atoms with Gasteiger partial charge in [-0.1, -0.05) is 29.1 Å². The second kappa shape index (κ2) is 9.67. The van der Waals surface area contributed by atoms with Gasteiger partial charge in [0.25, 0.3) is 5.24 Å². The number of oxime groups is 1. The Morgan fingerprint density at radius 1 is 1.13 bits per heavy atom. The number of phenols is 1. The molecule has 1 heterocycles. The maximum absolute atomic E-state index is 11.6. The quantitative estimate of drug-likeness (QED) is 0.378. The fourth-order valence-electron chi connectivity index (χ4n) is 3.02. The van der Waals surface area contributed by atoms with Crippen LogP contribution < -0.4 is 10.1 Å². The van der Waals surface area contributed by atoms with Crippen molar-refractivity contribution in [3.05, 3.63) is 58.7 Å². The number of benzene rings is 2. The number of imide groups is 1. The van der Waals surface area contributed by atoms with E-state index in [9.17, 15) is 14.7 Å². The molecule has 2 aromatic carbocycles.